The molecule has 0 bridgehead atoms. The van der Waals surface area contributed by atoms with E-state index in [2.05, 4.69) is 27.9 Å². The number of rotatable bonds is 4. The Morgan fingerprint density at radius 1 is 1.00 bits per heavy atom. The first-order chi connectivity index (χ1) is 14.2. The van der Waals surface area contributed by atoms with E-state index >= 15 is 0 Å². The zero-order valence-corrected chi connectivity index (χ0v) is 16.4. The van der Waals surface area contributed by atoms with E-state index < -0.39 is 0 Å². The van der Waals surface area contributed by atoms with Crippen LogP contribution in [0.2, 0.25) is 0 Å². The minimum Gasteiger partial charge on any atom is -0.295 e. The highest BCUT2D eigenvalue weighted by Gasteiger charge is 2.29. The summed E-state index contributed by atoms with van der Waals surface area (Å²) < 4.78 is 3.65. The first-order valence-corrected chi connectivity index (χ1v) is 9.98. The maximum absolute atomic E-state index is 13.5. The fraction of sp³-hybridized carbons (Fsp3) is 0.261. The second kappa shape index (κ2) is 7.29. The van der Waals surface area contributed by atoms with Crippen molar-refractivity contribution in [3.63, 3.8) is 0 Å². The molecule has 0 spiro atoms. The first-order valence-electron chi connectivity index (χ1n) is 9.98. The van der Waals surface area contributed by atoms with Crippen LogP contribution >= 0.6 is 0 Å². The van der Waals surface area contributed by atoms with E-state index in [9.17, 15) is 4.79 Å². The molecule has 1 aliphatic heterocycles. The predicted molar refractivity (Wildman–Crippen MR) is 113 cm³/mol. The van der Waals surface area contributed by atoms with E-state index in [0.29, 0.717) is 0 Å². The van der Waals surface area contributed by atoms with Crippen LogP contribution in [0.1, 0.15) is 23.7 Å². The molecule has 0 saturated carbocycles. The molecule has 1 atom stereocenters. The number of pyridine rings is 2. The third-order valence-corrected chi connectivity index (χ3v) is 5.75. The molecule has 0 amide bonds. The van der Waals surface area contributed by atoms with Crippen LogP contribution in [-0.4, -0.2) is 37.1 Å². The van der Waals surface area contributed by atoms with Crippen molar-refractivity contribution < 1.29 is 0 Å². The maximum atomic E-state index is 13.5. The number of aryl methyl sites for hydroxylation is 1. The Morgan fingerprint density at radius 3 is 2.62 bits per heavy atom. The number of aromatic nitrogens is 4. The van der Waals surface area contributed by atoms with Gasteiger partial charge < -0.3 is 0 Å². The van der Waals surface area contributed by atoms with Crippen molar-refractivity contribution in [1.82, 2.24) is 24.0 Å². The third-order valence-electron chi connectivity index (χ3n) is 5.75. The lowest BCUT2D eigenvalue weighted by molar-refractivity contribution is 0.311. The fourth-order valence-corrected chi connectivity index (χ4v) is 4.27. The zero-order chi connectivity index (χ0) is 19.8. The predicted octanol–water partition coefficient (Wildman–Crippen LogP) is 3.34. The van der Waals surface area contributed by atoms with Crippen LogP contribution in [0.4, 0.5) is 0 Å². The van der Waals surface area contributed by atoms with Crippen molar-refractivity contribution in [3.8, 4) is 5.69 Å². The fourth-order valence-electron chi connectivity index (χ4n) is 4.27. The average molecular weight is 385 g/mol. The number of para-hydroxylation sites is 1. The minimum absolute atomic E-state index is 0.0224. The summed E-state index contributed by atoms with van der Waals surface area (Å²) in [4.78, 5) is 24.9. The molecule has 3 aromatic heterocycles. The van der Waals surface area contributed by atoms with Crippen LogP contribution in [0.5, 0.6) is 0 Å². The lowest BCUT2D eigenvalue weighted by Gasteiger charge is -2.17. The molecular formula is C23H23N5O. The standard InChI is InChI=1S/C23H23N5O/c1-17-7-5-12-24-20(17)16-26-14-11-19(15-26)28-22-21(10-6-13-25-22)27(23(28)29)18-8-3-2-4-9-18/h2-10,12-13,19H,11,14-16H2,1H3. The van der Waals surface area contributed by atoms with Crippen LogP contribution in [0.25, 0.3) is 16.9 Å². The lowest BCUT2D eigenvalue weighted by Crippen LogP contribution is -2.29. The van der Waals surface area contributed by atoms with E-state index in [0.717, 1.165) is 48.6 Å². The summed E-state index contributed by atoms with van der Waals surface area (Å²) in [5, 5.41) is 0. The van der Waals surface area contributed by atoms with Crippen LogP contribution in [-0.2, 0) is 6.54 Å². The molecule has 29 heavy (non-hydrogen) atoms. The molecule has 1 unspecified atom stereocenters. The number of nitrogens with zero attached hydrogens (tertiary/aromatic N) is 5. The highest BCUT2D eigenvalue weighted by Crippen LogP contribution is 2.26. The van der Waals surface area contributed by atoms with E-state index in [1.807, 2.05) is 59.3 Å². The van der Waals surface area contributed by atoms with Crippen LogP contribution in [0.15, 0.2) is 71.8 Å². The normalized spacial score (nSPS) is 17.2. The second-order valence-corrected chi connectivity index (χ2v) is 7.61. The largest absolute Gasteiger partial charge is 0.335 e. The molecule has 5 rings (SSSR count). The number of likely N-dealkylation sites (tertiary alicyclic amines) is 1. The van der Waals surface area contributed by atoms with Gasteiger partial charge in [0.15, 0.2) is 5.65 Å². The van der Waals surface area contributed by atoms with Crippen molar-refractivity contribution in [2.24, 2.45) is 0 Å². The molecule has 1 aromatic carbocycles. The van der Waals surface area contributed by atoms with E-state index in [1.165, 1.54) is 5.56 Å². The van der Waals surface area contributed by atoms with Gasteiger partial charge in [-0.05, 0) is 49.2 Å². The van der Waals surface area contributed by atoms with Gasteiger partial charge in [-0.1, -0.05) is 24.3 Å². The Morgan fingerprint density at radius 2 is 1.79 bits per heavy atom. The van der Waals surface area contributed by atoms with Gasteiger partial charge in [0.25, 0.3) is 0 Å². The van der Waals surface area contributed by atoms with Crippen LogP contribution < -0.4 is 5.69 Å². The van der Waals surface area contributed by atoms with Gasteiger partial charge in [0, 0.05) is 32.0 Å². The summed E-state index contributed by atoms with van der Waals surface area (Å²) in [5.41, 5.74) is 4.75. The lowest BCUT2D eigenvalue weighted by atomic mass is 10.2. The molecule has 1 saturated heterocycles. The van der Waals surface area contributed by atoms with Crippen LogP contribution in [0, 0.1) is 6.92 Å². The molecular weight excluding hydrogens is 362 g/mol. The van der Waals surface area contributed by atoms with Crippen molar-refractivity contribution in [3.05, 3.63) is 88.7 Å². The van der Waals surface area contributed by atoms with Crippen molar-refractivity contribution in [2.45, 2.75) is 25.9 Å². The molecule has 4 aromatic rings. The molecule has 0 N–H and O–H groups in total. The maximum Gasteiger partial charge on any atom is 0.335 e. The zero-order valence-electron chi connectivity index (χ0n) is 16.4. The molecule has 0 radical (unpaired) electrons. The topological polar surface area (TPSA) is 56.0 Å². The third kappa shape index (κ3) is 3.15. The molecule has 0 aliphatic carbocycles. The second-order valence-electron chi connectivity index (χ2n) is 7.61. The number of benzene rings is 1. The quantitative estimate of drug-likeness (QED) is 0.541. The smallest absolute Gasteiger partial charge is 0.295 e. The van der Waals surface area contributed by atoms with Gasteiger partial charge in [0.1, 0.15) is 0 Å². The van der Waals surface area contributed by atoms with Gasteiger partial charge >= 0.3 is 5.69 Å². The monoisotopic (exact) mass is 385 g/mol. The Labute approximate surface area is 169 Å². The highest BCUT2D eigenvalue weighted by molar-refractivity contribution is 5.74. The number of imidazole rings is 1. The van der Waals surface area contributed by atoms with E-state index in [4.69, 9.17) is 0 Å². The Hall–Kier alpha value is -3.25. The molecule has 1 fully saturated rings. The van der Waals surface area contributed by atoms with Crippen molar-refractivity contribution in [2.75, 3.05) is 13.1 Å². The summed E-state index contributed by atoms with van der Waals surface area (Å²) in [7, 11) is 0. The molecule has 4 heterocycles. The van der Waals surface area contributed by atoms with Gasteiger partial charge in [-0.25, -0.2) is 9.78 Å². The van der Waals surface area contributed by atoms with Gasteiger partial charge in [0.2, 0.25) is 0 Å². The number of hydrogen-bond donors (Lipinski definition) is 0. The van der Waals surface area contributed by atoms with E-state index in [1.54, 1.807) is 10.8 Å². The molecule has 6 nitrogen and oxygen atoms in total. The average Bonchev–Trinajstić information content (AvgIpc) is 3.31. The Bertz CT molecular complexity index is 1210. The van der Waals surface area contributed by atoms with Crippen molar-refractivity contribution in [1.29, 1.82) is 0 Å². The van der Waals surface area contributed by atoms with E-state index in [-0.39, 0.29) is 11.7 Å². The molecule has 146 valence electrons. The van der Waals surface area contributed by atoms with Crippen LogP contribution in [0.3, 0.4) is 0 Å². The molecule has 1 aliphatic rings. The summed E-state index contributed by atoms with van der Waals surface area (Å²) >= 11 is 0. The minimum atomic E-state index is -0.0224. The van der Waals surface area contributed by atoms with Gasteiger partial charge in [-0.2, -0.15) is 0 Å². The summed E-state index contributed by atoms with van der Waals surface area (Å²) in [5.74, 6) is 0. The van der Waals surface area contributed by atoms with Crippen molar-refractivity contribution >= 4 is 11.2 Å². The Kier molecular flexibility index (Phi) is 4.48. The number of hydrogen-bond acceptors (Lipinski definition) is 4. The summed E-state index contributed by atoms with van der Waals surface area (Å²) in [6, 6.07) is 17.8. The van der Waals surface area contributed by atoms with Gasteiger partial charge in [0.05, 0.1) is 22.9 Å². The number of fused-ring (bicyclic) bond motifs is 1. The van der Waals surface area contributed by atoms with Gasteiger partial charge in [-0.15, -0.1) is 0 Å². The highest BCUT2D eigenvalue weighted by atomic mass is 16.2. The summed E-state index contributed by atoms with van der Waals surface area (Å²) in [6.45, 7) is 4.67. The Balaban J connectivity index is 1.51. The van der Waals surface area contributed by atoms with Gasteiger partial charge in [-0.3, -0.25) is 19.0 Å². The molecule has 6 heteroatoms. The first kappa shape index (κ1) is 17.8. The summed E-state index contributed by atoms with van der Waals surface area (Å²) in [6.07, 6.45) is 4.53. The SMILES string of the molecule is Cc1cccnc1CN1CCC(n2c(=O)n(-c3ccccc3)c3cccnc32)C1.